The number of halogens is 1. The average molecular weight is 310 g/mol. The van der Waals surface area contributed by atoms with Gasteiger partial charge in [-0.05, 0) is 30.5 Å². The summed E-state index contributed by atoms with van der Waals surface area (Å²) >= 11 is 3.50. The number of ether oxygens (including phenoxy) is 1. The van der Waals surface area contributed by atoms with Crippen LogP contribution >= 0.6 is 15.9 Å². The maximum absolute atomic E-state index is 12.3. The standard InChI is InChI=1S/C14H16BrNO2/c15-11-5-9-1-4-18-13(9)10(6-11)7-12(17)14(8-16)2-3-14/h5-6H,1-4,7-8,16H2. The first-order valence-electron chi connectivity index (χ1n) is 6.32. The van der Waals surface area contributed by atoms with Crippen LogP contribution in [0.1, 0.15) is 24.0 Å². The maximum atomic E-state index is 12.3. The fourth-order valence-corrected chi connectivity index (χ4v) is 3.14. The van der Waals surface area contributed by atoms with Crippen LogP contribution in [0.15, 0.2) is 16.6 Å². The normalized spacial score (nSPS) is 19.2. The summed E-state index contributed by atoms with van der Waals surface area (Å²) in [4.78, 5) is 12.3. The van der Waals surface area contributed by atoms with E-state index in [1.807, 2.05) is 6.07 Å². The van der Waals surface area contributed by atoms with E-state index in [1.165, 1.54) is 5.56 Å². The molecule has 0 aromatic heterocycles. The number of carbonyl (C=O) groups is 1. The molecule has 0 bridgehead atoms. The summed E-state index contributed by atoms with van der Waals surface area (Å²) in [5.74, 6) is 1.18. The van der Waals surface area contributed by atoms with Crippen molar-refractivity contribution < 1.29 is 9.53 Å². The molecule has 1 saturated carbocycles. The lowest BCUT2D eigenvalue weighted by Gasteiger charge is -2.13. The molecule has 0 spiro atoms. The minimum absolute atomic E-state index is 0.228. The monoisotopic (exact) mass is 309 g/mol. The van der Waals surface area contributed by atoms with E-state index in [2.05, 4.69) is 22.0 Å². The molecule has 1 fully saturated rings. The molecule has 1 aliphatic heterocycles. The number of benzene rings is 1. The van der Waals surface area contributed by atoms with Crippen LogP contribution in [0.3, 0.4) is 0 Å². The largest absolute Gasteiger partial charge is 0.493 e. The predicted octanol–water partition coefficient (Wildman–Crippen LogP) is 2.23. The molecule has 18 heavy (non-hydrogen) atoms. The minimum atomic E-state index is -0.228. The first kappa shape index (κ1) is 12.2. The Bertz CT molecular complexity index is 509. The third-order valence-electron chi connectivity index (χ3n) is 4.01. The van der Waals surface area contributed by atoms with E-state index in [4.69, 9.17) is 10.5 Å². The molecule has 3 nitrogen and oxygen atoms in total. The molecular formula is C14H16BrNO2. The van der Waals surface area contributed by atoms with Crippen LogP contribution in [0.5, 0.6) is 5.75 Å². The van der Waals surface area contributed by atoms with E-state index in [-0.39, 0.29) is 11.2 Å². The van der Waals surface area contributed by atoms with Crippen LogP contribution in [0.25, 0.3) is 0 Å². The molecule has 0 unspecified atom stereocenters. The zero-order valence-electron chi connectivity index (χ0n) is 10.2. The van der Waals surface area contributed by atoms with Crippen molar-refractivity contribution in [3.05, 3.63) is 27.7 Å². The van der Waals surface area contributed by atoms with E-state index in [1.54, 1.807) is 0 Å². The molecule has 1 aliphatic carbocycles. The Labute approximate surface area is 115 Å². The van der Waals surface area contributed by atoms with Gasteiger partial charge in [0.2, 0.25) is 0 Å². The van der Waals surface area contributed by atoms with Gasteiger partial charge >= 0.3 is 0 Å². The van der Waals surface area contributed by atoms with Gasteiger partial charge in [0.25, 0.3) is 0 Å². The van der Waals surface area contributed by atoms with Gasteiger partial charge < -0.3 is 10.5 Å². The van der Waals surface area contributed by atoms with E-state index >= 15 is 0 Å². The smallest absolute Gasteiger partial charge is 0.144 e. The quantitative estimate of drug-likeness (QED) is 0.928. The Morgan fingerprint density at radius 2 is 2.22 bits per heavy atom. The summed E-state index contributed by atoms with van der Waals surface area (Å²) in [6.07, 6.45) is 3.26. The summed E-state index contributed by atoms with van der Waals surface area (Å²) in [5.41, 5.74) is 7.68. The summed E-state index contributed by atoms with van der Waals surface area (Å²) in [6, 6.07) is 4.07. The number of carbonyl (C=O) groups excluding carboxylic acids is 1. The van der Waals surface area contributed by atoms with E-state index in [9.17, 15) is 4.79 Å². The first-order chi connectivity index (χ1) is 8.64. The Balaban J connectivity index is 1.87. The lowest BCUT2D eigenvalue weighted by atomic mass is 9.94. The average Bonchev–Trinajstić information content (AvgIpc) is 3.01. The molecule has 1 aromatic rings. The Hall–Kier alpha value is -0.870. The molecule has 2 aliphatic rings. The number of ketones is 1. The lowest BCUT2D eigenvalue weighted by molar-refractivity contribution is -0.123. The number of hydrogen-bond acceptors (Lipinski definition) is 3. The molecule has 0 radical (unpaired) electrons. The molecule has 2 N–H and O–H groups in total. The van der Waals surface area contributed by atoms with E-state index < -0.39 is 0 Å². The number of hydrogen-bond donors (Lipinski definition) is 1. The van der Waals surface area contributed by atoms with Crippen LogP contribution in [0.4, 0.5) is 0 Å². The van der Waals surface area contributed by atoms with Gasteiger partial charge in [0.1, 0.15) is 11.5 Å². The van der Waals surface area contributed by atoms with Crippen LogP contribution in [0, 0.1) is 5.41 Å². The summed E-state index contributed by atoms with van der Waals surface area (Å²) < 4.78 is 6.67. The van der Waals surface area contributed by atoms with Crippen LogP contribution in [-0.4, -0.2) is 18.9 Å². The van der Waals surface area contributed by atoms with Gasteiger partial charge in [-0.1, -0.05) is 15.9 Å². The van der Waals surface area contributed by atoms with Gasteiger partial charge in [0.15, 0.2) is 0 Å². The van der Waals surface area contributed by atoms with Crippen molar-refractivity contribution in [3.63, 3.8) is 0 Å². The fourth-order valence-electron chi connectivity index (χ4n) is 2.59. The molecule has 0 saturated heterocycles. The van der Waals surface area contributed by atoms with Gasteiger partial charge in [-0.3, -0.25) is 4.79 Å². The van der Waals surface area contributed by atoms with Crippen LogP contribution in [-0.2, 0) is 17.6 Å². The SMILES string of the molecule is NCC1(C(=O)Cc2cc(Br)cc3c2OCC3)CC1. The predicted molar refractivity (Wildman–Crippen MR) is 72.8 cm³/mol. The lowest BCUT2D eigenvalue weighted by Crippen LogP contribution is -2.26. The highest BCUT2D eigenvalue weighted by Gasteiger charge is 2.47. The molecule has 0 atom stereocenters. The van der Waals surface area contributed by atoms with Gasteiger partial charge in [-0.15, -0.1) is 0 Å². The fraction of sp³-hybridized carbons (Fsp3) is 0.500. The van der Waals surface area contributed by atoms with Gasteiger partial charge in [-0.2, -0.15) is 0 Å². The summed E-state index contributed by atoms with van der Waals surface area (Å²) in [5, 5.41) is 0. The highest BCUT2D eigenvalue weighted by atomic mass is 79.9. The zero-order chi connectivity index (χ0) is 12.8. The van der Waals surface area contributed by atoms with E-state index in [0.717, 1.165) is 41.7 Å². The van der Waals surface area contributed by atoms with Crippen molar-refractivity contribution in [2.24, 2.45) is 11.1 Å². The number of rotatable bonds is 4. The summed E-state index contributed by atoms with van der Waals surface area (Å²) in [7, 11) is 0. The van der Waals surface area contributed by atoms with Crippen LogP contribution in [0.2, 0.25) is 0 Å². The van der Waals surface area contributed by atoms with Crippen molar-refractivity contribution >= 4 is 21.7 Å². The third-order valence-corrected chi connectivity index (χ3v) is 4.47. The van der Waals surface area contributed by atoms with Gasteiger partial charge in [0.05, 0.1) is 6.61 Å². The summed E-state index contributed by atoms with van der Waals surface area (Å²) in [6.45, 7) is 1.19. The highest BCUT2D eigenvalue weighted by Crippen LogP contribution is 2.46. The zero-order valence-corrected chi connectivity index (χ0v) is 11.8. The molecule has 3 rings (SSSR count). The first-order valence-corrected chi connectivity index (χ1v) is 7.11. The van der Waals surface area contributed by atoms with Crippen molar-refractivity contribution in [2.45, 2.75) is 25.7 Å². The van der Waals surface area contributed by atoms with Crippen molar-refractivity contribution in [1.29, 1.82) is 0 Å². The molecule has 96 valence electrons. The van der Waals surface area contributed by atoms with Crippen molar-refractivity contribution in [2.75, 3.05) is 13.2 Å². The molecular weight excluding hydrogens is 294 g/mol. The second-order valence-corrected chi connectivity index (χ2v) is 6.15. The number of fused-ring (bicyclic) bond motifs is 1. The maximum Gasteiger partial charge on any atom is 0.144 e. The van der Waals surface area contributed by atoms with Gasteiger partial charge in [-0.25, -0.2) is 0 Å². The second-order valence-electron chi connectivity index (χ2n) is 5.24. The minimum Gasteiger partial charge on any atom is -0.493 e. The topological polar surface area (TPSA) is 52.3 Å². The number of Topliss-reactive ketones (excluding diaryl/α,β-unsaturated/α-hetero) is 1. The van der Waals surface area contributed by atoms with Crippen LogP contribution < -0.4 is 10.5 Å². The Kier molecular flexibility index (Phi) is 2.94. The Morgan fingerprint density at radius 3 is 2.89 bits per heavy atom. The van der Waals surface area contributed by atoms with Crippen molar-refractivity contribution in [3.8, 4) is 5.75 Å². The molecule has 0 amide bonds. The molecule has 1 aromatic carbocycles. The highest BCUT2D eigenvalue weighted by molar-refractivity contribution is 9.10. The molecule has 1 heterocycles. The van der Waals surface area contributed by atoms with Crippen molar-refractivity contribution in [1.82, 2.24) is 0 Å². The van der Waals surface area contributed by atoms with Gasteiger partial charge in [0, 0.05) is 34.8 Å². The number of nitrogens with two attached hydrogens (primary N) is 1. The molecule has 4 heteroatoms. The third kappa shape index (κ3) is 1.97. The second kappa shape index (κ2) is 4.35. The Morgan fingerprint density at radius 1 is 1.44 bits per heavy atom. The van der Waals surface area contributed by atoms with E-state index in [0.29, 0.717) is 13.0 Å².